The molecule has 0 bridgehead atoms. The molecule has 2 nitrogen and oxygen atoms in total. The maximum absolute atomic E-state index is 5.63. The van der Waals surface area contributed by atoms with E-state index < -0.39 is 0 Å². The molecule has 0 radical (unpaired) electrons. The van der Waals surface area contributed by atoms with E-state index in [2.05, 4.69) is 11.1 Å². The van der Waals surface area contributed by atoms with Gasteiger partial charge in [0.25, 0.3) is 0 Å². The fourth-order valence-electron chi connectivity index (χ4n) is 2.22. The lowest BCUT2D eigenvalue weighted by molar-refractivity contribution is 0.515. The molecule has 0 amide bonds. The second-order valence-electron chi connectivity index (χ2n) is 4.38. The van der Waals surface area contributed by atoms with Gasteiger partial charge in [0.05, 0.1) is 5.03 Å². The van der Waals surface area contributed by atoms with Crippen molar-refractivity contribution < 1.29 is 0 Å². The number of pyridine rings is 1. The predicted molar refractivity (Wildman–Crippen MR) is 69.7 cm³/mol. The van der Waals surface area contributed by atoms with E-state index in [9.17, 15) is 0 Å². The highest BCUT2D eigenvalue weighted by Gasteiger charge is 2.16. The first kappa shape index (κ1) is 11.9. The van der Waals surface area contributed by atoms with E-state index in [4.69, 9.17) is 5.73 Å². The first-order valence-corrected chi connectivity index (χ1v) is 7.08. The van der Waals surface area contributed by atoms with E-state index in [0.29, 0.717) is 6.54 Å². The Labute approximate surface area is 102 Å². The van der Waals surface area contributed by atoms with Gasteiger partial charge in [-0.05, 0) is 37.4 Å². The van der Waals surface area contributed by atoms with Crippen molar-refractivity contribution in [3.8, 4) is 0 Å². The number of hydrogen-bond donors (Lipinski definition) is 1. The molecule has 0 aromatic carbocycles. The topological polar surface area (TPSA) is 38.9 Å². The SMILES string of the molecule is NCCc1cccnc1SC1CCCCC1. The second-order valence-corrected chi connectivity index (χ2v) is 5.67. The molecular formula is C13H20N2S. The van der Waals surface area contributed by atoms with Crippen molar-refractivity contribution in [2.24, 2.45) is 5.73 Å². The Balaban J connectivity index is 2.01. The minimum absolute atomic E-state index is 0.712. The molecule has 0 aliphatic heterocycles. The molecule has 1 aromatic rings. The zero-order valence-electron chi connectivity index (χ0n) is 9.69. The Morgan fingerprint density at radius 3 is 2.88 bits per heavy atom. The summed E-state index contributed by atoms with van der Waals surface area (Å²) in [5.74, 6) is 0. The normalized spacial score (nSPS) is 17.6. The zero-order valence-corrected chi connectivity index (χ0v) is 10.5. The van der Waals surface area contributed by atoms with Crippen LogP contribution in [0, 0.1) is 0 Å². The average Bonchev–Trinajstić information content (AvgIpc) is 2.33. The molecule has 0 spiro atoms. The van der Waals surface area contributed by atoms with E-state index >= 15 is 0 Å². The van der Waals surface area contributed by atoms with Crippen LogP contribution in [0.2, 0.25) is 0 Å². The van der Waals surface area contributed by atoms with Gasteiger partial charge in [-0.1, -0.05) is 25.3 Å². The van der Waals surface area contributed by atoms with Gasteiger partial charge in [0.1, 0.15) is 0 Å². The third kappa shape index (κ3) is 3.22. The third-order valence-corrected chi connectivity index (χ3v) is 4.49. The average molecular weight is 236 g/mol. The minimum Gasteiger partial charge on any atom is -0.330 e. The molecule has 1 saturated carbocycles. The standard InChI is InChI=1S/C13H20N2S/c14-9-8-11-5-4-10-15-13(11)16-12-6-2-1-3-7-12/h4-5,10,12H,1-3,6-9,14H2. The first-order chi connectivity index (χ1) is 7.90. The van der Waals surface area contributed by atoms with Gasteiger partial charge in [-0.15, -0.1) is 11.8 Å². The molecule has 88 valence electrons. The van der Waals surface area contributed by atoms with Gasteiger partial charge in [-0.2, -0.15) is 0 Å². The van der Waals surface area contributed by atoms with Gasteiger partial charge >= 0.3 is 0 Å². The van der Waals surface area contributed by atoms with Crippen LogP contribution < -0.4 is 5.73 Å². The first-order valence-electron chi connectivity index (χ1n) is 6.21. The van der Waals surface area contributed by atoms with E-state index in [-0.39, 0.29) is 0 Å². The van der Waals surface area contributed by atoms with Crippen LogP contribution in [0.4, 0.5) is 0 Å². The molecule has 0 unspecified atom stereocenters. The molecular weight excluding hydrogens is 216 g/mol. The summed E-state index contributed by atoms with van der Waals surface area (Å²) in [6.45, 7) is 0.712. The van der Waals surface area contributed by atoms with E-state index in [0.717, 1.165) is 11.7 Å². The molecule has 1 fully saturated rings. The highest BCUT2D eigenvalue weighted by Crippen LogP contribution is 2.34. The van der Waals surface area contributed by atoms with E-state index in [1.54, 1.807) is 0 Å². The van der Waals surface area contributed by atoms with Crippen molar-refractivity contribution in [3.05, 3.63) is 23.9 Å². The summed E-state index contributed by atoms with van der Waals surface area (Å²) in [4.78, 5) is 4.50. The Morgan fingerprint density at radius 1 is 1.31 bits per heavy atom. The molecule has 2 rings (SSSR count). The molecule has 0 atom stereocenters. The molecule has 0 saturated heterocycles. The maximum Gasteiger partial charge on any atom is 0.0994 e. The molecule has 1 aliphatic rings. The van der Waals surface area contributed by atoms with Crippen LogP contribution in [0.1, 0.15) is 37.7 Å². The van der Waals surface area contributed by atoms with Crippen molar-refractivity contribution in [2.45, 2.75) is 48.8 Å². The van der Waals surface area contributed by atoms with Gasteiger partial charge in [0.15, 0.2) is 0 Å². The van der Waals surface area contributed by atoms with Gasteiger partial charge in [0.2, 0.25) is 0 Å². The quantitative estimate of drug-likeness (QED) is 0.873. The monoisotopic (exact) mass is 236 g/mol. The molecule has 3 heteroatoms. The largest absolute Gasteiger partial charge is 0.330 e. The number of rotatable bonds is 4. The van der Waals surface area contributed by atoms with Crippen LogP contribution in [0.3, 0.4) is 0 Å². The molecule has 16 heavy (non-hydrogen) atoms. The van der Waals surface area contributed by atoms with Crippen LogP contribution in [-0.4, -0.2) is 16.8 Å². The summed E-state index contributed by atoms with van der Waals surface area (Å²) < 4.78 is 0. The van der Waals surface area contributed by atoms with Crippen molar-refractivity contribution in [1.82, 2.24) is 4.98 Å². The summed E-state index contributed by atoms with van der Waals surface area (Å²) in [5.41, 5.74) is 6.95. The lowest BCUT2D eigenvalue weighted by Crippen LogP contribution is -2.10. The lowest BCUT2D eigenvalue weighted by atomic mass is 10.0. The fourth-order valence-corrected chi connectivity index (χ4v) is 3.54. The molecule has 2 N–H and O–H groups in total. The molecule has 1 aliphatic carbocycles. The second kappa shape index (κ2) is 6.26. The highest BCUT2D eigenvalue weighted by molar-refractivity contribution is 7.99. The van der Waals surface area contributed by atoms with Crippen molar-refractivity contribution in [2.75, 3.05) is 6.54 Å². The van der Waals surface area contributed by atoms with Gasteiger partial charge in [-0.3, -0.25) is 0 Å². The van der Waals surface area contributed by atoms with Crippen LogP contribution in [-0.2, 0) is 6.42 Å². The van der Waals surface area contributed by atoms with Crippen molar-refractivity contribution >= 4 is 11.8 Å². The Hall–Kier alpha value is -0.540. The zero-order chi connectivity index (χ0) is 11.2. The number of thioether (sulfide) groups is 1. The molecule has 1 aromatic heterocycles. The predicted octanol–water partition coefficient (Wildman–Crippen LogP) is 3.01. The number of nitrogens with two attached hydrogens (primary N) is 1. The third-order valence-electron chi connectivity index (χ3n) is 3.09. The van der Waals surface area contributed by atoms with Crippen molar-refractivity contribution in [3.63, 3.8) is 0 Å². The summed E-state index contributed by atoms with van der Waals surface area (Å²) in [5, 5.41) is 1.99. The summed E-state index contributed by atoms with van der Waals surface area (Å²) in [6.07, 6.45) is 9.73. The Bertz CT molecular complexity index is 321. The summed E-state index contributed by atoms with van der Waals surface area (Å²) in [7, 11) is 0. The minimum atomic E-state index is 0.712. The number of nitrogens with zero attached hydrogens (tertiary/aromatic N) is 1. The van der Waals surface area contributed by atoms with Crippen LogP contribution in [0.25, 0.3) is 0 Å². The molecule has 1 heterocycles. The highest BCUT2D eigenvalue weighted by atomic mass is 32.2. The smallest absolute Gasteiger partial charge is 0.0994 e. The van der Waals surface area contributed by atoms with Gasteiger partial charge < -0.3 is 5.73 Å². The maximum atomic E-state index is 5.63. The van der Waals surface area contributed by atoms with Crippen LogP contribution in [0.15, 0.2) is 23.4 Å². The van der Waals surface area contributed by atoms with Gasteiger partial charge in [-0.25, -0.2) is 4.98 Å². The van der Waals surface area contributed by atoms with Crippen LogP contribution >= 0.6 is 11.8 Å². The summed E-state index contributed by atoms with van der Waals surface area (Å²) >= 11 is 1.96. The van der Waals surface area contributed by atoms with Crippen molar-refractivity contribution in [1.29, 1.82) is 0 Å². The number of hydrogen-bond acceptors (Lipinski definition) is 3. The van der Waals surface area contributed by atoms with E-state index in [1.165, 1.54) is 42.7 Å². The Kier molecular flexibility index (Phi) is 4.67. The number of aromatic nitrogens is 1. The van der Waals surface area contributed by atoms with Gasteiger partial charge in [0, 0.05) is 11.4 Å². The fraction of sp³-hybridized carbons (Fsp3) is 0.615. The van der Waals surface area contributed by atoms with Crippen LogP contribution in [0.5, 0.6) is 0 Å². The van der Waals surface area contributed by atoms with E-state index in [1.807, 2.05) is 24.0 Å². The Morgan fingerprint density at radius 2 is 2.12 bits per heavy atom. The lowest BCUT2D eigenvalue weighted by Gasteiger charge is -2.21. The summed E-state index contributed by atoms with van der Waals surface area (Å²) in [6, 6.07) is 4.17.